The smallest absolute Gasteiger partial charge is 0.191 e. The first-order valence-electron chi connectivity index (χ1n) is 8.30. The number of piperidine rings is 1. The second kappa shape index (κ2) is 7.83. The van der Waals surface area contributed by atoms with Crippen LogP contribution >= 0.6 is 22.9 Å². The number of guanidine groups is 1. The van der Waals surface area contributed by atoms with Gasteiger partial charge in [0.2, 0.25) is 0 Å². The van der Waals surface area contributed by atoms with Gasteiger partial charge in [-0.3, -0.25) is 4.99 Å². The highest BCUT2D eigenvalue weighted by molar-refractivity contribution is 7.16. The molecule has 0 bridgehead atoms. The third-order valence-corrected chi connectivity index (χ3v) is 5.87. The fourth-order valence-corrected chi connectivity index (χ4v) is 4.08. The first-order chi connectivity index (χ1) is 11.2. The molecule has 2 fully saturated rings. The molecule has 1 unspecified atom stereocenters. The molecule has 1 atom stereocenters. The fourth-order valence-electron chi connectivity index (χ4n) is 3.04. The van der Waals surface area contributed by atoms with Crippen LogP contribution in [0.1, 0.15) is 36.7 Å². The molecule has 1 saturated carbocycles. The Balaban J connectivity index is 1.41. The molecule has 23 heavy (non-hydrogen) atoms. The number of hydrogen-bond acceptors (Lipinski definition) is 4. The zero-order valence-electron chi connectivity index (χ0n) is 13.5. The van der Waals surface area contributed by atoms with Crippen LogP contribution in [0, 0.1) is 0 Å². The molecular formula is C16H25ClN4OS. The number of aliphatic hydroxyl groups is 1. The Morgan fingerprint density at radius 3 is 2.70 bits per heavy atom. The third kappa shape index (κ3) is 4.83. The highest BCUT2D eigenvalue weighted by atomic mass is 35.5. The maximum Gasteiger partial charge on any atom is 0.191 e. The number of rotatable bonds is 5. The number of aliphatic imine (C=N–C) groups is 1. The van der Waals surface area contributed by atoms with Gasteiger partial charge in [0.1, 0.15) is 6.10 Å². The molecule has 1 saturated heterocycles. The summed E-state index contributed by atoms with van der Waals surface area (Å²) in [6.45, 7) is 2.78. The van der Waals surface area contributed by atoms with E-state index in [0.29, 0.717) is 16.9 Å². The van der Waals surface area contributed by atoms with Crippen LogP contribution in [-0.4, -0.2) is 54.7 Å². The van der Waals surface area contributed by atoms with E-state index in [1.54, 1.807) is 7.05 Å². The average molecular weight is 357 g/mol. The number of likely N-dealkylation sites (tertiary alicyclic amines) is 1. The molecule has 2 aliphatic rings. The Morgan fingerprint density at radius 2 is 2.13 bits per heavy atom. The Morgan fingerprint density at radius 1 is 1.39 bits per heavy atom. The predicted molar refractivity (Wildman–Crippen MR) is 96.4 cm³/mol. The van der Waals surface area contributed by atoms with E-state index >= 15 is 0 Å². The van der Waals surface area contributed by atoms with Crippen molar-refractivity contribution in [1.82, 2.24) is 15.5 Å². The summed E-state index contributed by atoms with van der Waals surface area (Å²) in [5, 5.41) is 16.9. The normalized spacial score (nSPS) is 22.1. The first kappa shape index (κ1) is 17.0. The summed E-state index contributed by atoms with van der Waals surface area (Å²) in [7, 11) is 1.77. The van der Waals surface area contributed by atoms with Crippen molar-refractivity contribution < 1.29 is 5.11 Å². The van der Waals surface area contributed by atoms with E-state index in [2.05, 4.69) is 20.5 Å². The molecule has 1 aliphatic heterocycles. The van der Waals surface area contributed by atoms with Crippen molar-refractivity contribution >= 4 is 28.9 Å². The predicted octanol–water partition coefficient (Wildman–Crippen LogP) is 2.23. The Labute approximate surface area is 146 Å². The standard InChI is InChI=1S/C16H25ClN4OS/c1-18-16(19-10-13(22)14-4-5-15(17)23-14)20-11-6-8-21(9-7-11)12-2-3-12/h4-5,11-13,22H,2-3,6-10H2,1H3,(H2,18,19,20). The van der Waals surface area contributed by atoms with E-state index < -0.39 is 6.10 Å². The Kier molecular flexibility index (Phi) is 5.80. The van der Waals surface area contributed by atoms with Gasteiger partial charge in [-0.2, -0.15) is 0 Å². The van der Waals surface area contributed by atoms with Crippen LogP contribution in [-0.2, 0) is 0 Å². The van der Waals surface area contributed by atoms with E-state index in [-0.39, 0.29) is 0 Å². The minimum absolute atomic E-state index is 0.428. The number of halogens is 1. The molecule has 3 N–H and O–H groups in total. The van der Waals surface area contributed by atoms with Gasteiger partial charge in [0, 0.05) is 43.6 Å². The lowest BCUT2D eigenvalue weighted by atomic mass is 10.1. The number of nitrogens with zero attached hydrogens (tertiary/aromatic N) is 2. The number of aliphatic hydroxyl groups excluding tert-OH is 1. The zero-order chi connectivity index (χ0) is 16.2. The van der Waals surface area contributed by atoms with Crippen molar-refractivity contribution in [2.75, 3.05) is 26.7 Å². The molecule has 0 amide bonds. The van der Waals surface area contributed by atoms with Gasteiger partial charge < -0.3 is 20.6 Å². The lowest BCUT2D eigenvalue weighted by Crippen LogP contribution is -2.49. The van der Waals surface area contributed by atoms with Crippen LogP contribution in [0.4, 0.5) is 0 Å². The summed E-state index contributed by atoms with van der Waals surface area (Å²) < 4.78 is 0.698. The van der Waals surface area contributed by atoms with Crippen molar-refractivity contribution in [3.8, 4) is 0 Å². The maximum atomic E-state index is 10.2. The van der Waals surface area contributed by atoms with Crippen molar-refractivity contribution in [3.63, 3.8) is 0 Å². The molecule has 0 aromatic carbocycles. The SMILES string of the molecule is CN=C(NCC(O)c1ccc(Cl)s1)NC1CCN(C2CC2)CC1. The molecule has 1 aromatic rings. The Hall–Kier alpha value is -0.820. The number of nitrogens with one attached hydrogen (secondary N) is 2. The zero-order valence-corrected chi connectivity index (χ0v) is 15.0. The third-order valence-electron chi connectivity index (χ3n) is 4.54. The van der Waals surface area contributed by atoms with Gasteiger partial charge in [0.25, 0.3) is 0 Å². The molecular weight excluding hydrogens is 332 g/mol. The lowest BCUT2D eigenvalue weighted by Gasteiger charge is -2.33. The summed E-state index contributed by atoms with van der Waals surface area (Å²) in [5.74, 6) is 0.761. The highest BCUT2D eigenvalue weighted by Gasteiger charge is 2.31. The van der Waals surface area contributed by atoms with Crippen LogP contribution < -0.4 is 10.6 Å². The van der Waals surface area contributed by atoms with Crippen molar-refractivity contribution in [1.29, 1.82) is 0 Å². The lowest BCUT2D eigenvalue weighted by molar-refractivity contribution is 0.183. The molecule has 7 heteroatoms. The second-order valence-electron chi connectivity index (χ2n) is 6.30. The van der Waals surface area contributed by atoms with E-state index in [1.807, 2.05) is 12.1 Å². The monoisotopic (exact) mass is 356 g/mol. The molecule has 0 radical (unpaired) electrons. The van der Waals surface area contributed by atoms with Crippen molar-refractivity contribution in [2.45, 2.75) is 43.9 Å². The average Bonchev–Trinajstić information content (AvgIpc) is 3.32. The van der Waals surface area contributed by atoms with Crippen LogP contribution in [0.25, 0.3) is 0 Å². The summed E-state index contributed by atoms with van der Waals surface area (Å²) >= 11 is 7.32. The van der Waals surface area contributed by atoms with Crippen molar-refractivity contribution in [2.24, 2.45) is 4.99 Å². The largest absolute Gasteiger partial charge is 0.386 e. The minimum atomic E-state index is -0.567. The van der Waals surface area contributed by atoms with Gasteiger partial charge in [-0.05, 0) is 37.8 Å². The molecule has 1 aliphatic carbocycles. The molecule has 5 nitrogen and oxygen atoms in total. The van der Waals surface area contributed by atoms with Gasteiger partial charge in [0.05, 0.1) is 4.34 Å². The van der Waals surface area contributed by atoms with E-state index in [4.69, 9.17) is 11.6 Å². The second-order valence-corrected chi connectivity index (χ2v) is 8.04. The van der Waals surface area contributed by atoms with Crippen LogP contribution in [0.2, 0.25) is 4.34 Å². The van der Waals surface area contributed by atoms with E-state index in [9.17, 15) is 5.11 Å². The molecule has 3 rings (SSSR count). The van der Waals surface area contributed by atoms with E-state index in [1.165, 1.54) is 37.3 Å². The van der Waals surface area contributed by atoms with Gasteiger partial charge in [-0.15, -0.1) is 11.3 Å². The topological polar surface area (TPSA) is 59.9 Å². The van der Waals surface area contributed by atoms with Crippen LogP contribution in [0.5, 0.6) is 0 Å². The fraction of sp³-hybridized carbons (Fsp3) is 0.688. The molecule has 1 aromatic heterocycles. The Bertz CT molecular complexity index is 538. The maximum absolute atomic E-state index is 10.2. The number of hydrogen-bond donors (Lipinski definition) is 3. The van der Waals surface area contributed by atoms with Gasteiger partial charge in [0.15, 0.2) is 5.96 Å². The summed E-state index contributed by atoms with van der Waals surface area (Å²) in [4.78, 5) is 7.75. The van der Waals surface area contributed by atoms with Crippen LogP contribution in [0.15, 0.2) is 17.1 Å². The quantitative estimate of drug-likeness (QED) is 0.559. The molecule has 128 valence electrons. The molecule has 0 spiro atoms. The summed E-state index contributed by atoms with van der Waals surface area (Å²) in [6, 6.07) is 5.00. The molecule has 2 heterocycles. The first-order valence-corrected chi connectivity index (χ1v) is 9.49. The number of thiophene rings is 1. The van der Waals surface area contributed by atoms with Gasteiger partial charge >= 0.3 is 0 Å². The van der Waals surface area contributed by atoms with Gasteiger partial charge in [-0.25, -0.2) is 0 Å². The highest BCUT2D eigenvalue weighted by Crippen LogP contribution is 2.29. The summed E-state index contributed by atoms with van der Waals surface area (Å²) in [5.41, 5.74) is 0. The van der Waals surface area contributed by atoms with E-state index in [0.717, 1.165) is 29.7 Å². The van der Waals surface area contributed by atoms with Gasteiger partial charge in [-0.1, -0.05) is 11.6 Å². The van der Waals surface area contributed by atoms with Crippen molar-refractivity contribution in [3.05, 3.63) is 21.3 Å². The van der Waals surface area contributed by atoms with Crippen LogP contribution in [0.3, 0.4) is 0 Å². The summed E-state index contributed by atoms with van der Waals surface area (Å²) in [6.07, 6.45) is 4.50. The minimum Gasteiger partial charge on any atom is -0.386 e.